The van der Waals surface area contributed by atoms with Gasteiger partial charge in [0.15, 0.2) is 0 Å². The first kappa shape index (κ1) is 9.18. The minimum atomic E-state index is -0.536. The molecule has 0 atom stereocenters. The molecule has 0 amide bonds. The lowest BCUT2D eigenvalue weighted by atomic mass is 10.3. The molecule has 0 bridgehead atoms. The summed E-state index contributed by atoms with van der Waals surface area (Å²) in [6, 6.07) is 3.32. The van der Waals surface area contributed by atoms with Gasteiger partial charge in [-0.15, -0.1) is 0 Å². The Labute approximate surface area is 74.8 Å². The second-order valence-electron chi connectivity index (χ2n) is 2.22. The molecule has 1 aromatic heterocycles. The van der Waals surface area contributed by atoms with Crippen molar-refractivity contribution in [3.8, 4) is 5.75 Å². The van der Waals surface area contributed by atoms with Crippen molar-refractivity contribution in [1.29, 1.82) is 0 Å². The molecule has 1 aromatic rings. The van der Waals surface area contributed by atoms with E-state index in [4.69, 9.17) is 4.74 Å². The number of nitrogens with zero attached hydrogens (tertiary/aromatic N) is 2. The van der Waals surface area contributed by atoms with Crippen molar-refractivity contribution in [3.63, 3.8) is 0 Å². The van der Waals surface area contributed by atoms with E-state index in [1.807, 2.05) is 0 Å². The van der Waals surface area contributed by atoms with Crippen LogP contribution in [0.5, 0.6) is 5.75 Å². The Kier molecular flexibility index (Phi) is 2.97. The van der Waals surface area contributed by atoms with E-state index < -0.39 is 4.92 Å². The van der Waals surface area contributed by atoms with Crippen LogP contribution in [0.2, 0.25) is 0 Å². The van der Waals surface area contributed by atoms with E-state index >= 15 is 0 Å². The van der Waals surface area contributed by atoms with E-state index in [0.717, 1.165) is 6.20 Å². The van der Waals surface area contributed by atoms with Crippen molar-refractivity contribution in [3.05, 3.63) is 40.3 Å². The first-order chi connectivity index (χ1) is 6.22. The average molecular weight is 180 g/mol. The third-order valence-electron chi connectivity index (χ3n) is 1.36. The van der Waals surface area contributed by atoms with Crippen LogP contribution in [0.1, 0.15) is 5.69 Å². The highest BCUT2D eigenvalue weighted by Crippen LogP contribution is 2.08. The lowest BCUT2D eigenvalue weighted by Gasteiger charge is -1.96. The van der Waals surface area contributed by atoms with Crippen LogP contribution in [0.25, 0.3) is 6.08 Å². The van der Waals surface area contributed by atoms with Crippen LogP contribution < -0.4 is 4.74 Å². The molecule has 0 aliphatic heterocycles. The predicted molar refractivity (Wildman–Crippen MR) is 46.8 cm³/mol. The average Bonchev–Trinajstić information content (AvgIpc) is 2.15. The summed E-state index contributed by atoms with van der Waals surface area (Å²) < 4.78 is 4.87. The zero-order valence-electron chi connectivity index (χ0n) is 7.01. The molecule has 0 aromatic carbocycles. The quantitative estimate of drug-likeness (QED) is 0.520. The van der Waals surface area contributed by atoms with Gasteiger partial charge in [-0.3, -0.25) is 15.1 Å². The minimum absolute atomic E-state index is 0.525. The number of hydrogen-bond acceptors (Lipinski definition) is 4. The lowest BCUT2D eigenvalue weighted by molar-refractivity contribution is -0.401. The zero-order valence-corrected chi connectivity index (χ0v) is 7.01. The highest BCUT2D eigenvalue weighted by Gasteiger charge is 1.93. The van der Waals surface area contributed by atoms with Crippen LogP contribution in [0, 0.1) is 10.1 Å². The number of methoxy groups -OCH3 is 1. The van der Waals surface area contributed by atoms with Gasteiger partial charge >= 0.3 is 0 Å². The summed E-state index contributed by atoms with van der Waals surface area (Å²) in [5, 5.41) is 9.96. The number of aromatic nitrogens is 1. The summed E-state index contributed by atoms with van der Waals surface area (Å²) in [6.07, 6.45) is 3.66. The fourth-order valence-electron chi connectivity index (χ4n) is 0.748. The smallest absolute Gasteiger partial charge is 0.236 e. The summed E-state index contributed by atoms with van der Waals surface area (Å²) in [7, 11) is 1.53. The van der Waals surface area contributed by atoms with Crippen LogP contribution in [0.15, 0.2) is 24.5 Å². The second kappa shape index (κ2) is 4.20. The first-order valence-electron chi connectivity index (χ1n) is 3.54. The normalized spacial score (nSPS) is 10.2. The van der Waals surface area contributed by atoms with E-state index in [0.29, 0.717) is 11.4 Å². The molecular formula is C8H8N2O3. The van der Waals surface area contributed by atoms with Crippen molar-refractivity contribution >= 4 is 6.08 Å². The molecule has 0 unspecified atom stereocenters. The van der Waals surface area contributed by atoms with Gasteiger partial charge in [0.2, 0.25) is 6.20 Å². The first-order valence-corrected chi connectivity index (χ1v) is 3.54. The maximum Gasteiger partial charge on any atom is 0.236 e. The highest BCUT2D eigenvalue weighted by atomic mass is 16.6. The van der Waals surface area contributed by atoms with E-state index in [-0.39, 0.29) is 0 Å². The van der Waals surface area contributed by atoms with E-state index in [9.17, 15) is 10.1 Å². The maximum atomic E-state index is 9.96. The standard InChI is InChI=1S/C8H8N2O3/c1-13-8-3-2-7(9-6-8)4-5-10(11)12/h2-6H,1H3/b5-4+. The molecular weight excluding hydrogens is 172 g/mol. The molecule has 13 heavy (non-hydrogen) atoms. The fourth-order valence-corrected chi connectivity index (χ4v) is 0.748. The van der Waals surface area contributed by atoms with Crippen LogP contribution in [-0.2, 0) is 0 Å². The van der Waals surface area contributed by atoms with Crippen molar-refractivity contribution in [2.45, 2.75) is 0 Å². The highest BCUT2D eigenvalue weighted by molar-refractivity contribution is 5.43. The molecule has 1 heterocycles. The summed E-state index contributed by atoms with van der Waals surface area (Å²) in [6.45, 7) is 0. The monoisotopic (exact) mass is 180 g/mol. The maximum absolute atomic E-state index is 9.96. The Bertz CT molecular complexity index is 319. The van der Waals surface area contributed by atoms with E-state index in [1.54, 1.807) is 12.1 Å². The Balaban J connectivity index is 2.75. The molecule has 0 radical (unpaired) electrons. The number of pyridine rings is 1. The molecule has 5 heteroatoms. The van der Waals surface area contributed by atoms with Crippen molar-refractivity contribution in [2.75, 3.05) is 7.11 Å². The number of ether oxygens (including phenoxy) is 1. The minimum Gasteiger partial charge on any atom is -0.495 e. The zero-order chi connectivity index (χ0) is 9.68. The topological polar surface area (TPSA) is 65.3 Å². The third kappa shape index (κ3) is 2.90. The molecule has 0 N–H and O–H groups in total. The summed E-state index contributed by atoms with van der Waals surface area (Å²) >= 11 is 0. The van der Waals surface area contributed by atoms with E-state index in [2.05, 4.69) is 4.98 Å². The molecule has 0 fully saturated rings. The van der Waals surface area contributed by atoms with Gasteiger partial charge < -0.3 is 4.74 Å². The molecule has 1 rings (SSSR count). The Morgan fingerprint density at radius 1 is 1.62 bits per heavy atom. The van der Waals surface area contributed by atoms with Crippen molar-refractivity contribution in [2.24, 2.45) is 0 Å². The van der Waals surface area contributed by atoms with E-state index in [1.165, 1.54) is 19.4 Å². The fraction of sp³-hybridized carbons (Fsp3) is 0.125. The Morgan fingerprint density at radius 3 is 2.85 bits per heavy atom. The molecule has 0 saturated carbocycles. The van der Waals surface area contributed by atoms with Crippen LogP contribution >= 0.6 is 0 Å². The predicted octanol–water partition coefficient (Wildman–Crippen LogP) is 1.34. The van der Waals surface area contributed by atoms with Gasteiger partial charge in [-0.05, 0) is 12.1 Å². The third-order valence-corrected chi connectivity index (χ3v) is 1.36. The summed E-state index contributed by atoms with van der Waals surface area (Å²) in [5.41, 5.74) is 0.525. The molecule has 0 spiro atoms. The van der Waals surface area contributed by atoms with Crippen LogP contribution in [-0.4, -0.2) is 17.0 Å². The molecule has 0 aliphatic rings. The molecule has 0 aliphatic carbocycles. The van der Waals surface area contributed by atoms with Crippen molar-refractivity contribution in [1.82, 2.24) is 4.98 Å². The van der Waals surface area contributed by atoms with Gasteiger partial charge in [-0.2, -0.15) is 0 Å². The van der Waals surface area contributed by atoms with Gasteiger partial charge in [-0.1, -0.05) is 0 Å². The molecule has 0 saturated heterocycles. The largest absolute Gasteiger partial charge is 0.495 e. The van der Waals surface area contributed by atoms with Gasteiger partial charge in [0, 0.05) is 6.08 Å². The SMILES string of the molecule is COc1ccc(/C=C/[N+](=O)[O-])nc1. The van der Waals surface area contributed by atoms with Crippen LogP contribution in [0.3, 0.4) is 0 Å². The summed E-state index contributed by atoms with van der Waals surface area (Å²) in [4.78, 5) is 13.3. The number of nitro groups is 1. The second-order valence-corrected chi connectivity index (χ2v) is 2.22. The van der Waals surface area contributed by atoms with Crippen molar-refractivity contribution < 1.29 is 9.66 Å². The Hall–Kier alpha value is -1.91. The lowest BCUT2D eigenvalue weighted by Crippen LogP contribution is -1.87. The molecule has 5 nitrogen and oxygen atoms in total. The van der Waals surface area contributed by atoms with Gasteiger partial charge in [0.05, 0.1) is 23.9 Å². The molecule has 68 valence electrons. The number of rotatable bonds is 3. The van der Waals surface area contributed by atoms with Gasteiger partial charge in [0.1, 0.15) is 5.75 Å². The number of hydrogen-bond donors (Lipinski definition) is 0. The summed E-state index contributed by atoms with van der Waals surface area (Å²) in [5.74, 6) is 0.623. The Morgan fingerprint density at radius 2 is 2.38 bits per heavy atom. The van der Waals surface area contributed by atoms with Gasteiger partial charge in [-0.25, -0.2) is 0 Å². The van der Waals surface area contributed by atoms with Crippen LogP contribution in [0.4, 0.5) is 0 Å². The van der Waals surface area contributed by atoms with Gasteiger partial charge in [0.25, 0.3) is 0 Å².